The molecule has 5 heteroatoms. The largest absolute Gasteiger partial charge is 0.481 e. The molecule has 0 spiro atoms. The molecule has 0 saturated heterocycles. The molecule has 0 atom stereocenters. The van der Waals surface area contributed by atoms with Crippen molar-refractivity contribution in [3.05, 3.63) is 42.1 Å². The number of carbonyl (C=O) groups is 1. The van der Waals surface area contributed by atoms with Gasteiger partial charge in [-0.25, -0.2) is 9.37 Å². The Labute approximate surface area is 97.3 Å². The van der Waals surface area contributed by atoms with Gasteiger partial charge < -0.3 is 9.67 Å². The Morgan fingerprint density at radius 3 is 2.82 bits per heavy atom. The van der Waals surface area contributed by atoms with Crippen LogP contribution < -0.4 is 0 Å². The summed E-state index contributed by atoms with van der Waals surface area (Å²) in [6.07, 6.45) is 1.31. The van der Waals surface area contributed by atoms with E-state index in [9.17, 15) is 9.18 Å². The standard InChI is InChI=1S/C12H11FN2O2/c1-15-10(7-14-11(15)6-12(16)17)8-4-2-3-5-9(8)13/h2-5,7H,6H2,1H3,(H,16,17). The fourth-order valence-electron chi connectivity index (χ4n) is 1.67. The molecular formula is C12H11FN2O2. The summed E-state index contributed by atoms with van der Waals surface area (Å²) >= 11 is 0. The Hall–Kier alpha value is -2.17. The van der Waals surface area contributed by atoms with Gasteiger partial charge in [0.15, 0.2) is 0 Å². The highest BCUT2D eigenvalue weighted by Crippen LogP contribution is 2.22. The van der Waals surface area contributed by atoms with Gasteiger partial charge in [-0.05, 0) is 12.1 Å². The molecule has 1 aromatic carbocycles. The number of hydrogen-bond donors (Lipinski definition) is 1. The van der Waals surface area contributed by atoms with Crippen LogP contribution in [0.15, 0.2) is 30.5 Å². The number of carboxylic acid groups (broad SMARTS) is 1. The number of aliphatic carboxylic acids is 1. The molecule has 0 unspecified atom stereocenters. The predicted octanol–water partition coefficient (Wildman–Crippen LogP) is 1.85. The summed E-state index contributed by atoms with van der Waals surface area (Å²) in [5.74, 6) is -0.910. The highest BCUT2D eigenvalue weighted by molar-refractivity contribution is 5.70. The third kappa shape index (κ3) is 2.18. The number of hydrogen-bond acceptors (Lipinski definition) is 2. The minimum atomic E-state index is -0.959. The van der Waals surface area contributed by atoms with Crippen molar-refractivity contribution in [2.45, 2.75) is 6.42 Å². The molecule has 4 nitrogen and oxygen atoms in total. The lowest BCUT2D eigenvalue weighted by molar-refractivity contribution is -0.136. The first-order valence-electron chi connectivity index (χ1n) is 5.07. The number of carboxylic acids is 1. The van der Waals surface area contributed by atoms with Crippen LogP contribution in [0.3, 0.4) is 0 Å². The summed E-state index contributed by atoms with van der Waals surface area (Å²) < 4.78 is 15.2. The molecule has 0 saturated carbocycles. The van der Waals surface area contributed by atoms with Crippen molar-refractivity contribution in [2.24, 2.45) is 7.05 Å². The Morgan fingerprint density at radius 1 is 1.47 bits per heavy atom. The zero-order valence-electron chi connectivity index (χ0n) is 9.22. The van der Waals surface area contributed by atoms with Crippen molar-refractivity contribution in [3.63, 3.8) is 0 Å². The first kappa shape index (κ1) is 11.3. The van der Waals surface area contributed by atoms with Gasteiger partial charge in [0.05, 0.1) is 11.9 Å². The van der Waals surface area contributed by atoms with Crippen molar-refractivity contribution >= 4 is 5.97 Å². The van der Waals surface area contributed by atoms with Crippen molar-refractivity contribution in [3.8, 4) is 11.3 Å². The van der Waals surface area contributed by atoms with Crippen LogP contribution in [0.4, 0.5) is 4.39 Å². The minimum Gasteiger partial charge on any atom is -0.481 e. The fraction of sp³-hybridized carbons (Fsp3) is 0.167. The van der Waals surface area contributed by atoms with Crippen LogP contribution >= 0.6 is 0 Å². The van der Waals surface area contributed by atoms with Crippen molar-refractivity contribution in [1.29, 1.82) is 0 Å². The molecule has 2 aromatic rings. The molecule has 2 rings (SSSR count). The van der Waals surface area contributed by atoms with Crippen molar-refractivity contribution < 1.29 is 14.3 Å². The van der Waals surface area contributed by atoms with Gasteiger partial charge in [0, 0.05) is 12.6 Å². The van der Waals surface area contributed by atoms with Crippen LogP contribution in [0.5, 0.6) is 0 Å². The lowest BCUT2D eigenvalue weighted by Gasteiger charge is -2.05. The first-order valence-corrected chi connectivity index (χ1v) is 5.07. The average molecular weight is 234 g/mol. The van der Waals surface area contributed by atoms with E-state index in [1.807, 2.05) is 0 Å². The van der Waals surface area contributed by atoms with Gasteiger partial charge in [0.25, 0.3) is 0 Å². The smallest absolute Gasteiger partial charge is 0.311 e. The number of halogens is 1. The summed E-state index contributed by atoms with van der Waals surface area (Å²) in [5.41, 5.74) is 0.985. The van der Waals surface area contributed by atoms with E-state index in [1.165, 1.54) is 12.3 Å². The van der Waals surface area contributed by atoms with E-state index < -0.39 is 5.97 Å². The lowest BCUT2D eigenvalue weighted by Crippen LogP contribution is -2.07. The van der Waals surface area contributed by atoms with Gasteiger partial charge in [-0.1, -0.05) is 12.1 Å². The molecular weight excluding hydrogens is 223 g/mol. The van der Waals surface area contributed by atoms with E-state index >= 15 is 0 Å². The molecule has 1 heterocycles. The Morgan fingerprint density at radius 2 is 2.18 bits per heavy atom. The van der Waals surface area contributed by atoms with Crippen LogP contribution in [0, 0.1) is 5.82 Å². The molecule has 0 aliphatic heterocycles. The summed E-state index contributed by atoms with van der Waals surface area (Å²) in [7, 11) is 1.67. The van der Waals surface area contributed by atoms with E-state index in [0.717, 1.165) is 0 Å². The monoisotopic (exact) mass is 234 g/mol. The van der Waals surface area contributed by atoms with Gasteiger partial charge in [-0.2, -0.15) is 0 Å². The topological polar surface area (TPSA) is 55.1 Å². The second-order valence-corrected chi connectivity index (χ2v) is 3.67. The first-order chi connectivity index (χ1) is 8.09. The SMILES string of the molecule is Cn1c(-c2ccccc2F)cnc1CC(=O)O. The quantitative estimate of drug-likeness (QED) is 0.881. The number of aromatic nitrogens is 2. The maximum Gasteiger partial charge on any atom is 0.311 e. The zero-order valence-corrected chi connectivity index (χ0v) is 9.22. The molecule has 1 N–H and O–H groups in total. The molecule has 0 aliphatic rings. The molecule has 0 amide bonds. The van der Waals surface area contributed by atoms with E-state index in [-0.39, 0.29) is 12.2 Å². The zero-order chi connectivity index (χ0) is 12.4. The Bertz CT molecular complexity index is 563. The van der Waals surface area contributed by atoms with Gasteiger partial charge in [0.1, 0.15) is 18.1 Å². The Balaban J connectivity index is 2.44. The normalized spacial score (nSPS) is 10.5. The minimum absolute atomic E-state index is 0.176. The lowest BCUT2D eigenvalue weighted by atomic mass is 10.1. The molecule has 0 aliphatic carbocycles. The number of nitrogens with zero attached hydrogens (tertiary/aromatic N) is 2. The average Bonchev–Trinajstić information content (AvgIpc) is 2.61. The Kier molecular flexibility index (Phi) is 2.91. The van der Waals surface area contributed by atoms with Crippen LogP contribution in [0.2, 0.25) is 0 Å². The van der Waals surface area contributed by atoms with E-state index in [2.05, 4.69) is 4.98 Å². The highest BCUT2D eigenvalue weighted by Gasteiger charge is 2.13. The third-order valence-corrected chi connectivity index (χ3v) is 2.54. The number of imidazole rings is 1. The summed E-state index contributed by atoms with van der Waals surface area (Å²) in [4.78, 5) is 14.6. The van der Waals surface area contributed by atoms with Crippen LogP contribution in [0.1, 0.15) is 5.82 Å². The summed E-state index contributed by atoms with van der Waals surface area (Å²) in [6.45, 7) is 0. The maximum absolute atomic E-state index is 13.6. The highest BCUT2D eigenvalue weighted by atomic mass is 19.1. The maximum atomic E-state index is 13.6. The van der Waals surface area contributed by atoms with Crippen LogP contribution in [-0.4, -0.2) is 20.6 Å². The van der Waals surface area contributed by atoms with Crippen molar-refractivity contribution in [1.82, 2.24) is 9.55 Å². The van der Waals surface area contributed by atoms with Gasteiger partial charge in [-0.15, -0.1) is 0 Å². The summed E-state index contributed by atoms with van der Waals surface area (Å²) in [6, 6.07) is 6.33. The molecule has 0 bridgehead atoms. The summed E-state index contributed by atoms with van der Waals surface area (Å²) in [5, 5.41) is 8.70. The van der Waals surface area contributed by atoms with Gasteiger partial charge >= 0.3 is 5.97 Å². The van der Waals surface area contributed by atoms with Gasteiger partial charge in [-0.3, -0.25) is 4.79 Å². The molecule has 0 fully saturated rings. The molecule has 1 aromatic heterocycles. The van der Waals surface area contributed by atoms with E-state index in [0.29, 0.717) is 17.1 Å². The fourth-order valence-corrected chi connectivity index (χ4v) is 1.67. The number of rotatable bonds is 3. The predicted molar refractivity (Wildman–Crippen MR) is 59.9 cm³/mol. The van der Waals surface area contributed by atoms with Crippen LogP contribution in [-0.2, 0) is 18.3 Å². The van der Waals surface area contributed by atoms with Gasteiger partial charge in [0.2, 0.25) is 0 Å². The molecule has 17 heavy (non-hydrogen) atoms. The van der Waals surface area contributed by atoms with E-state index in [4.69, 9.17) is 5.11 Å². The molecule has 88 valence electrons. The number of benzene rings is 1. The third-order valence-electron chi connectivity index (χ3n) is 2.54. The molecule has 0 radical (unpaired) electrons. The van der Waals surface area contributed by atoms with E-state index in [1.54, 1.807) is 29.8 Å². The second-order valence-electron chi connectivity index (χ2n) is 3.67. The van der Waals surface area contributed by atoms with Crippen molar-refractivity contribution in [2.75, 3.05) is 0 Å². The second kappa shape index (κ2) is 4.37. The van der Waals surface area contributed by atoms with Crippen LogP contribution in [0.25, 0.3) is 11.3 Å².